The Morgan fingerprint density at radius 1 is 1.43 bits per heavy atom. The predicted molar refractivity (Wildman–Crippen MR) is 81.2 cm³/mol. The fourth-order valence-corrected chi connectivity index (χ4v) is 3.55. The van der Waals surface area contributed by atoms with Gasteiger partial charge >= 0.3 is 5.97 Å². The summed E-state index contributed by atoms with van der Waals surface area (Å²) >= 11 is 1.53. The first-order valence-corrected chi connectivity index (χ1v) is 8.14. The lowest BCUT2D eigenvalue weighted by Crippen LogP contribution is -2.28. The summed E-state index contributed by atoms with van der Waals surface area (Å²) < 4.78 is 5.45. The van der Waals surface area contributed by atoms with Crippen LogP contribution in [-0.4, -0.2) is 40.4 Å². The number of furan rings is 1. The van der Waals surface area contributed by atoms with Gasteiger partial charge in [-0.1, -0.05) is 0 Å². The number of aliphatic carboxylic acids is 1. The maximum atomic E-state index is 12.0. The molecule has 21 heavy (non-hydrogen) atoms. The molecule has 0 radical (unpaired) electrons. The minimum Gasteiger partial charge on any atom is -0.481 e. The summed E-state index contributed by atoms with van der Waals surface area (Å²) in [5.41, 5.74) is -0.0620. The third kappa shape index (κ3) is 4.81. The molecule has 0 bridgehead atoms. The highest BCUT2D eigenvalue weighted by atomic mass is 32.2. The van der Waals surface area contributed by atoms with E-state index in [-0.39, 0.29) is 17.7 Å². The fraction of sp³-hybridized carbons (Fsp3) is 0.600. The molecule has 0 unspecified atom stereocenters. The van der Waals surface area contributed by atoms with Gasteiger partial charge in [0.2, 0.25) is 5.91 Å². The summed E-state index contributed by atoms with van der Waals surface area (Å²) in [4.78, 5) is 24.4. The SMILES string of the molecule is Cc1ccc(CN(C)C(=O)CSCC2(CC(=O)O)CC2)o1. The number of carboxylic acid groups (broad SMARTS) is 1. The van der Waals surface area contributed by atoms with Crippen molar-refractivity contribution in [2.75, 3.05) is 18.6 Å². The average Bonchev–Trinajstić information content (AvgIpc) is 3.02. The molecule has 5 nitrogen and oxygen atoms in total. The Balaban J connectivity index is 1.70. The number of carbonyl (C=O) groups is 2. The maximum Gasteiger partial charge on any atom is 0.303 e. The van der Waals surface area contributed by atoms with Crippen molar-refractivity contribution in [2.24, 2.45) is 5.41 Å². The number of hydrogen-bond donors (Lipinski definition) is 1. The van der Waals surface area contributed by atoms with Crippen LogP contribution in [0.15, 0.2) is 16.5 Å². The van der Waals surface area contributed by atoms with Crippen LogP contribution in [0.2, 0.25) is 0 Å². The van der Waals surface area contributed by atoms with E-state index >= 15 is 0 Å². The quantitative estimate of drug-likeness (QED) is 0.799. The number of aryl methyl sites for hydroxylation is 1. The Kier molecular flexibility index (Phi) is 4.98. The van der Waals surface area contributed by atoms with Crippen molar-refractivity contribution < 1.29 is 19.1 Å². The lowest BCUT2D eigenvalue weighted by atomic mass is 10.1. The van der Waals surface area contributed by atoms with Gasteiger partial charge in [-0.15, -0.1) is 0 Å². The van der Waals surface area contributed by atoms with Crippen molar-refractivity contribution in [3.8, 4) is 0 Å². The number of carbonyl (C=O) groups excluding carboxylic acids is 1. The van der Waals surface area contributed by atoms with E-state index in [0.717, 1.165) is 30.1 Å². The summed E-state index contributed by atoms with van der Waals surface area (Å²) in [7, 11) is 1.75. The summed E-state index contributed by atoms with van der Waals surface area (Å²) in [6.45, 7) is 2.34. The zero-order valence-corrected chi connectivity index (χ0v) is 13.2. The molecule has 0 saturated heterocycles. The second kappa shape index (κ2) is 6.56. The van der Waals surface area contributed by atoms with E-state index in [1.807, 2.05) is 19.1 Å². The highest BCUT2D eigenvalue weighted by Crippen LogP contribution is 2.50. The van der Waals surface area contributed by atoms with Crippen LogP contribution in [0.3, 0.4) is 0 Å². The fourth-order valence-electron chi connectivity index (χ4n) is 2.23. The molecule has 1 aromatic heterocycles. The smallest absolute Gasteiger partial charge is 0.303 e. The first-order valence-electron chi connectivity index (χ1n) is 6.99. The highest BCUT2D eigenvalue weighted by molar-refractivity contribution is 7.99. The number of amides is 1. The Bertz CT molecular complexity index is 521. The standard InChI is InChI=1S/C15H21NO4S/c1-11-3-4-12(20-11)8-16(2)13(17)9-21-10-15(5-6-15)7-14(18)19/h3-4H,5-10H2,1-2H3,(H,18,19). The third-order valence-electron chi connectivity index (χ3n) is 3.73. The van der Waals surface area contributed by atoms with Gasteiger partial charge in [0.1, 0.15) is 11.5 Å². The van der Waals surface area contributed by atoms with Gasteiger partial charge in [0.05, 0.1) is 18.7 Å². The van der Waals surface area contributed by atoms with Crippen molar-refractivity contribution in [1.82, 2.24) is 4.90 Å². The second-order valence-electron chi connectivity index (χ2n) is 5.83. The number of hydrogen-bond acceptors (Lipinski definition) is 4. The normalized spacial score (nSPS) is 15.7. The van der Waals surface area contributed by atoms with Gasteiger partial charge in [-0.05, 0) is 43.1 Å². The van der Waals surface area contributed by atoms with Crippen molar-refractivity contribution in [3.63, 3.8) is 0 Å². The van der Waals surface area contributed by atoms with Crippen LogP contribution in [0.1, 0.15) is 30.8 Å². The van der Waals surface area contributed by atoms with Gasteiger partial charge in [-0.25, -0.2) is 0 Å². The van der Waals surface area contributed by atoms with E-state index < -0.39 is 5.97 Å². The Morgan fingerprint density at radius 2 is 2.14 bits per heavy atom. The maximum absolute atomic E-state index is 12.0. The molecule has 1 aliphatic rings. The molecule has 0 aromatic carbocycles. The van der Waals surface area contributed by atoms with Crippen molar-refractivity contribution in [1.29, 1.82) is 0 Å². The van der Waals surface area contributed by atoms with Gasteiger partial charge in [-0.3, -0.25) is 9.59 Å². The number of rotatable bonds is 8. The van der Waals surface area contributed by atoms with Crippen LogP contribution < -0.4 is 0 Å². The summed E-state index contributed by atoms with van der Waals surface area (Å²) in [5.74, 6) is 2.04. The molecule has 1 N–H and O–H groups in total. The average molecular weight is 311 g/mol. The van der Waals surface area contributed by atoms with E-state index in [4.69, 9.17) is 9.52 Å². The topological polar surface area (TPSA) is 70.8 Å². The highest BCUT2D eigenvalue weighted by Gasteiger charge is 2.44. The van der Waals surface area contributed by atoms with Crippen molar-refractivity contribution >= 4 is 23.6 Å². The first-order chi connectivity index (χ1) is 9.90. The molecule has 116 valence electrons. The molecule has 0 aliphatic heterocycles. The molecule has 0 spiro atoms. The van der Waals surface area contributed by atoms with Crippen LogP contribution in [0.4, 0.5) is 0 Å². The largest absolute Gasteiger partial charge is 0.481 e. The van der Waals surface area contributed by atoms with Gasteiger partial charge in [0, 0.05) is 7.05 Å². The van der Waals surface area contributed by atoms with Gasteiger partial charge in [-0.2, -0.15) is 11.8 Å². The second-order valence-corrected chi connectivity index (χ2v) is 6.81. The Hall–Kier alpha value is -1.43. The van der Waals surface area contributed by atoms with Crippen LogP contribution in [-0.2, 0) is 16.1 Å². The zero-order chi connectivity index (χ0) is 15.5. The predicted octanol–water partition coefficient (Wildman–Crippen LogP) is 2.53. The van der Waals surface area contributed by atoms with Gasteiger partial charge in [0.25, 0.3) is 0 Å². The summed E-state index contributed by atoms with van der Waals surface area (Å²) in [5, 5.41) is 8.86. The molecule has 1 aliphatic carbocycles. The number of nitrogens with zero attached hydrogens (tertiary/aromatic N) is 1. The van der Waals surface area contributed by atoms with E-state index in [0.29, 0.717) is 12.3 Å². The molecule has 1 fully saturated rings. The number of thioether (sulfide) groups is 1. The molecular weight excluding hydrogens is 290 g/mol. The van der Waals surface area contributed by atoms with Crippen LogP contribution in [0.25, 0.3) is 0 Å². The molecule has 1 heterocycles. The summed E-state index contributed by atoms with van der Waals surface area (Å²) in [6, 6.07) is 3.75. The van der Waals surface area contributed by atoms with E-state index in [1.54, 1.807) is 11.9 Å². The lowest BCUT2D eigenvalue weighted by molar-refractivity contribution is -0.138. The molecule has 0 atom stereocenters. The molecule has 6 heteroatoms. The van der Waals surface area contributed by atoms with Crippen molar-refractivity contribution in [3.05, 3.63) is 23.7 Å². The van der Waals surface area contributed by atoms with Crippen LogP contribution in [0.5, 0.6) is 0 Å². The van der Waals surface area contributed by atoms with Crippen molar-refractivity contribution in [2.45, 2.75) is 32.7 Å². The minimum atomic E-state index is -0.746. The van der Waals surface area contributed by atoms with Gasteiger partial charge < -0.3 is 14.4 Å². The number of carboxylic acids is 1. The zero-order valence-electron chi connectivity index (χ0n) is 12.4. The molecule has 2 rings (SSSR count). The summed E-state index contributed by atoms with van der Waals surface area (Å²) in [6.07, 6.45) is 2.14. The minimum absolute atomic E-state index is 0.0418. The first kappa shape index (κ1) is 15.9. The molecule has 1 amide bonds. The van der Waals surface area contributed by atoms with E-state index in [9.17, 15) is 9.59 Å². The van der Waals surface area contributed by atoms with Crippen LogP contribution in [0, 0.1) is 12.3 Å². The Labute approximate surface area is 128 Å². The third-order valence-corrected chi connectivity index (χ3v) is 5.00. The van der Waals surface area contributed by atoms with Gasteiger partial charge in [0.15, 0.2) is 0 Å². The molecule has 1 aromatic rings. The lowest BCUT2D eigenvalue weighted by Gasteiger charge is -2.17. The molecular formula is C15H21NO4S. The van der Waals surface area contributed by atoms with Crippen LogP contribution >= 0.6 is 11.8 Å². The monoisotopic (exact) mass is 311 g/mol. The Morgan fingerprint density at radius 3 is 2.67 bits per heavy atom. The van der Waals surface area contributed by atoms with E-state index in [1.165, 1.54) is 11.8 Å². The van der Waals surface area contributed by atoms with E-state index in [2.05, 4.69) is 0 Å². The molecule has 1 saturated carbocycles.